The highest BCUT2D eigenvalue weighted by molar-refractivity contribution is 5.92. The van der Waals surface area contributed by atoms with Crippen molar-refractivity contribution in [1.29, 1.82) is 0 Å². The standard InChI is InChI=1S/C22H24N4O2/c1-14(2)15-8-10-19(11-9-15)28-13-20(27)23-18-5-3-4-17(12-18)22-24-21(25-26-22)16-6-7-16/h3-5,8-12,14,16H,6-7,13H2,1-2H3,(H,23,27)(H,24,25,26). The number of aromatic amines is 1. The maximum Gasteiger partial charge on any atom is 0.262 e. The fraction of sp³-hybridized carbons (Fsp3) is 0.318. The van der Waals surface area contributed by atoms with Gasteiger partial charge < -0.3 is 10.1 Å². The monoisotopic (exact) mass is 376 g/mol. The highest BCUT2D eigenvalue weighted by Crippen LogP contribution is 2.38. The van der Waals surface area contributed by atoms with Crippen LogP contribution in [0.1, 0.15) is 49.9 Å². The average Bonchev–Trinajstić information content (AvgIpc) is 3.43. The minimum absolute atomic E-state index is 0.0439. The third-order valence-electron chi connectivity index (χ3n) is 4.79. The molecule has 0 saturated heterocycles. The average molecular weight is 376 g/mol. The Morgan fingerprint density at radius 2 is 2.00 bits per heavy atom. The van der Waals surface area contributed by atoms with E-state index >= 15 is 0 Å². The van der Waals surface area contributed by atoms with Gasteiger partial charge in [-0.25, -0.2) is 4.98 Å². The Hall–Kier alpha value is -3.15. The maximum atomic E-state index is 12.2. The van der Waals surface area contributed by atoms with Crippen molar-refractivity contribution < 1.29 is 9.53 Å². The van der Waals surface area contributed by atoms with E-state index in [9.17, 15) is 4.79 Å². The van der Waals surface area contributed by atoms with E-state index in [1.165, 1.54) is 18.4 Å². The maximum absolute atomic E-state index is 12.2. The minimum Gasteiger partial charge on any atom is -0.484 e. The number of anilines is 1. The van der Waals surface area contributed by atoms with Gasteiger partial charge in [-0.2, -0.15) is 5.10 Å². The van der Waals surface area contributed by atoms with E-state index in [4.69, 9.17) is 4.74 Å². The molecule has 1 heterocycles. The number of carbonyl (C=O) groups is 1. The van der Waals surface area contributed by atoms with Crippen molar-refractivity contribution in [3.05, 3.63) is 59.9 Å². The molecule has 2 aromatic carbocycles. The number of benzene rings is 2. The molecule has 0 spiro atoms. The van der Waals surface area contributed by atoms with Gasteiger partial charge in [-0.3, -0.25) is 9.89 Å². The number of nitrogens with zero attached hydrogens (tertiary/aromatic N) is 2. The molecule has 2 N–H and O–H groups in total. The van der Waals surface area contributed by atoms with Gasteiger partial charge in [0.05, 0.1) is 0 Å². The number of aromatic nitrogens is 3. The lowest BCUT2D eigenvalue weighted by molar-refractivity contribution is -0.118. The van der Waals surface area contributed by atoms with E-state index in [0.29, 0.717) is 29.1 Å². The van der Waals surface area contributed by atoms with Crippen LogP contribution in [0.5, 0.6) is 5.75 Å². The Kier molecular flexibility index (Phi) is 5.10. The number of amides is 1. The van der Waals surface area contributed by atoms with Crippen LogP contribution in [0.3, 0.4) is 0 Å². The molecule has 1 aromatic heterocycles. The largest absolute Gasteiger partial charge is 0.484 e. The molecule has 0 radical (unpaired) electrons. The molecule has 0 unspecified atom stereocenters. The van der Waals surface area contributed by atoms with Gasteiger partial charge in [0.2, 0.25) is 0 Å². The highest BCUT2D eigenvalue weighted by atomic mass is 16.5. The lowest BCUT2D eigenvalue weighted by atomic mass is 10.0. The number of hydrogen-bond donors (Lipinski definition) is 2. The summed E-state index contributed by atoms with van der Waals surface area (Å²) in [7, 11) is 0. The second-order valence-corrected chi connectivity index (χ2v) is 7.46. The summed E-state index contributed by atoms with van der Waals surface area (Å²) in [5.41, 5.74) is 2.80. The smallest absolute Gasteiger partial charge is 0.262 e. The first-order valence-corrected chi connectivity index (χ1v) is 9.64. The van der Waals surface area contributed by atoms with Gasteiger partial charge in [0.1, 0.15) is 11.6 Å². The first-order chi connectivity index (χ1) is 13.6. The number of rotatable bonds is 7. The van der Waals surface area contributed by atoms with E-state index < -0.39 is 0 Å². The van der Waals surface area contributed by atoms with Gasteiger partial charge in [0.15, 0.2) is 12.4 Å². The Bertz CT molecular complexity index is 959. The summed E-state index contributed by atoms with van der Waals surface area (Å²) in [6.07, 6.45) is 2.34. The topological polar surface area (TPSA) is 79.9 Å². The minimum atomic E-state index is -0.209. The third-order valence-corrected chi connectivity index (χ3v) is 4.79. The van der Waals surface area contributed by atoms with Crippen LogP contribution in [0, 0.1) is 0 Å². The van der Waals surface area contributed by atoms with Crippen molar-refractivity contribution in [3.8, 4) is 17.1 Å². The molecule has 0 aliphatic heterocycles. The number of ether oxygens (including phenoxy) is 1. The molecule has 144 valence electrons. The van der Waals surface area contributed by atoms with E-state index in [2.05, 4.69) is 34.3 Å². The van der Waals surface area contributed by atoms with Crippen molar-refractivity contribution in [2.75, 3.05) is 11.9 Å². The summed E-state index contributed by atoms with van der Waals surface area (Å²) < 4.78 is 5.58. The highest BCUT2D eigenvalue weighted by Gasteiger charge is 2.27. The zero-order valence-corrected chi connectivity index (χ0v) is 16.1. The molecule has 1 fully saturated rings. The number of H-pyrrole nitrogens is 1. The van der Waals surface area contributed by atoms with Crippen LogP contribution in [0.25, 0.3) is 11.4 Å². The Balaban J connectivity index is 1.35. The molecule has 4 rings (SSSR count). The molecule has 3 aromatic rings. The molecule has 0 atom stereocenters. The Morgan fingerprint density at radius 1 is 1.21 bits per heavy atom. The van der Waals surface area contributed by atoms with E-state index in [0.717, 1.165) is 11.4 Å². The Labute approximate surface area is 164 Å². The zero-order chi connectivity index (χ0) is 19.5. The molecule has 1 saturated carbocycles. The summed E-state index contributed by atoms with van der Waals surface area (Å²) >= 11 is 0. The molecule has 1 aliphatic carbocycles. The van der Waals surface area contributed by atoms with Crippen molar-refractivity contribution in [2.45, 2.75) is 38.5 Å². The van der Waals surface area contributed by atoms with Crippen molar-refractivity contribution in [3.63, 3.8) is 0 Å². The second kappa shape index (κ2) is 7.84. The molecular weight excluding hydrogens is 352 g/mol. The van der Waals surface area contributed by atoms with Crippen molar-refractivity contribution in [2.24, 2.45) is 0 Å². The SMILES string of the molecule is CC(C)c1ccc(OCC(=O)Nc2cccc(-c3n[nH]c(C4CC4)n3)c2)cc1. The summed E-state index contributed by atoms with van der Waals surface area (Å²) in [4.78, 5) is 16.8. The van der Waals surface area contributed by atoms with E-state index in [-0.39, 0.29) is 12.5 Å². The molecule has 0 bridgehead atoms. The Morgan fingerprint density at radius 3 is 2.71 bits per heavy atom. The van der Waals surface area contributed by atoms with Crippen LogP contribution in [0.4, 0.5) is 5.69 Å². The molecule has 28 heavy (non-hydrogen) atoms. The quantitative estimate of drug-likeness (QED) is 0.637. The molecule has 1 amide bonds. The van der Waals surface area contributed by atoms with Crippen LogP contribution >= 0.6 is 0 Å². The number of nitrogens with one attached hydrogen (secondary N) is 2. The second-order valence-electron chi connectivity index (χ2n) is 7.46. The van der Waals surface area contributed by atoms with Crippen molar-refractivity contribution >= 4 is 11.6 Å². The predicted octanol–water partition coefficient (Wildman–Crippen LogP) is 4.49. The lowest BCUT2D eigenvalue weighted by Crippen LogP contribution is -2.20. The fourth-order valence-electron chi connectivity index (χ4n) is 2.97. The molecule has 6 heteroatoms. The first kappa shape index (κ1) is 18.2. The third kappa shape index (κ3) is 4.39. The summed E-state index contributed by atoms with van der Waals surface area (Å²) in [5, 5.41) is 10.2. The summed E-state index contributed by atoms with van der Waals surface area (Å²) in [6, 6.07) is 15.4. The van der Waals surface area contributed by atoms with Crippen LogP contribution in [-0.2, 0) is 4.79 Å². The molecule has 1 aliphatic rings. The number of carbonyl (C=O) groups excluding carboxylic acids is 1. The lowest BCUT2D eigenvalue weighted by Gasteiger charge is -2.10. The van der Waals surface area contributed by atoms with Crippen LogP contribution in [0.15, 0.2) is 48.5 Å². The predicted molar refractivity (Wildman–Crippen MR) is 108 cm³/mol. The van der Waals surface area contributed by atoms with Crippen molar-refractivity contribution in [1.82, 2.24) is 15.2 Å². The summed E-state index contributed by atoms with van der Waals surface area (Å²) in [5.74, 6) is 3.06. The van der Waals surface area contributed by atoms with Gasteiger partial charge in [0, 0.05) is 17.2 Å². The molecular formula is C22H24N4O2. The molecule has 6 nitrogen and oxygen atoms in total. The fourth-order valence-corrected chi connectivity index (χ4v) is 2.97. The summed E-state index contributed by atoms with van der Waals surface area (Å²) in [6.45, 7) is 4.24. The van der Waals surface area contributed by atoms with E-state index in [1.807, 2.05) is 48.5 Å². The number of hydrogen-bond acceptors (Lipinski definition) is 4. The first-order valence-electron chi connectivity index (χ1n) is 9.64. The van der Waals surface area contributed by atoms with Gasteiger partial charge in [-0.1, -0.05) is 38.1 Å². The van der Waals surface area contributed by atoms with Crippen LogP contribution in [0.2, 0.25) is 0 Å². The zero-order valence-electron chi connectivity index (χ0n) is 16.1. The van der Waals surface area contributed by atoms with Crippen LogP contribution < -0.4 is 10.1 Å². The normalized spacial score (nSPS) is 13.5. The van der Waals surface area contributed by atoms with Crippen LogP contribution in [-0.4, -0.2) is 27.7 Å². The van der Waals surface area contributed by atoms with E-state index in [1.54, 1.807) is 0 Å². The van der Waals surface area contributed by atoms with Gasteiger partial charge in [-0.15, -0.1) is 0 Å². The van der Waals surface area contributed by atoms with Gasteiger partial charge in [0.25, 0.3) is 5.91 Å². The van der Waals surface area contributed by atoms with Gasteiger partial charge in [-0.05, 0) is 48.6 Å². The van der Waals surface area contributed by atoms with Gasteiger partial charge >= 0.3 is 0 Å².